The highest BCUT2D eigenvalue weighted by molar-refractivity contribution is 6.05. The van der Waals surface area contributed by atoms with Gasteiger partial charge < -0.3 is 10.2 Å². The van der Waals surface area contributed by atoms with Gasteiger partial charge in [-0.25, -0.2) is 9.97 Å². The molecular formula is C13H20N4O. The van der Waals surface area contributed by atoms with Gasteiger partial charge in [0, 0.05) is 6.54 Å². The number of anilines is 2. The summed E-state index contributed by atoms with van der Waals surface area (Å²) in [5.41, 5.74) is 0.126. The number of hydrogen-bond acceptors (Lipinski definition) is 4. The number of aromatic nitrogens is 2. The number of fused-ring (bicyclic) bond motifs is 1. The van der Waals surface area contributed by atoms with Crippen LogP contribution in [-0.2, 0) is 4.79 Å². The first kappa shape index (κ1) is 12.8. The van der Waals surface area contributed by atoms with Crippen molar-refractivity contribution in [3.63, 3.8) is 0 Å². The molecule has 2 heterocycles. The van der Waals surface area contributed by atoms with Crippen LogP contribution in [0.4, 0.5) is 11.5 Å². The van der Waals surface area contributed by atoms with Crippen molar-refractivity contribution in [3.8, 4) is 0 Å². The molecule has 0 spiro atoms. The molecule has 5 heteroatoms. The third-order valence-electron chi connectivity index (χ3n) is 3.36. The summed E-state index contributed by atoms with van der Waals surface area (Å²) in [4.78, 5) is 22.5. The average molecular weight is 248 g/mol. The van der Waals surface area contributed by atoms with Gasteiger partial charge in [0.25, 0.3) is 0 Å². The van der Waals surface area contributed by atoms with Crippen LogP contribution in [0.1, 0.15) is 34.1 Å². The molecule has 0 aromatic carbocycles. The molecule has 0 saturated carbocycles. The van der Waals surface area contributed by atoms with Gasteiger partial charge in [0.1, 0.15) is 17.6 Å². The van der Waals surface area contributed by atoms with Gasteiger partial charge in [-0.15, -0.1) is 0 Å². The molecule has 0 saturated heterocycles. The molecule has 1 aromatic rings. The van der Waals surface area contributed by atoms with Gasteiger partial charge in [-0.3, -0.25) is 4.79 Å². The number of nitrogens with zero attached hydrogens (tertiary/aromatic N) is 3. The number of carbonyl (C=O) groups is 1. The maximum atomic E-state index is 12.1. The number of carbonyl (C=O) groups excluding carboxylic acids is 1. The summed E-state index contributed by atoms with van der Waals surface area (Å²) in [6.45, 7) is 9.03. The van der Waals surface area contributed by atoms with Gasteiger partial charge in [0.05, 0.1) is 6.20 Å². The van der Waals surface area contributed by atoms with Gasteiger partial charge >= 0.3 is 0 Å². The van der Waals surface area contributed by atoms with E-state index in [0.717, 1.165) is 18.8 Å². The highest BCUT2D eigenvalue weighted by Crippen LogP contribution is 2.34. The lowest BCUT2D eigenvalue weighted by Gasteiger charge is -2.42. The zero-order chi connectivity index (χ0) is 13.3. The Balaban J connectivity index is 2.35. The fourth-order valence-electron chi connectivity index (χ4n) is 2.06. The van der Waals surface area contributed by atoms with Crippen LogP contribution in [-0.4, -0.2) is 28.0 Å². The SMILES string of the molecule is CC(C)CCN1c2ncncc2NC(=O)C1(C)C. The minimum atomic E-state index is -0.573. The Bertz CT molecular complexity index is 456. The van der Waals surface area contributed by atoms with E-state index < -0.39 is 5.54 Å². The van der Waals surface area contributed by atoms with Crippen LogP contribution < -0.4 is 10.2 Å². The molecule has 0 radical (unpaired) electrons. The van der Waals surface area contributed by atoms with Crippen LogP contribution in [0, 0.1) is 5.92 Å². The van der Waals surface area contributed by atoms with Crippen LogP contribution in [0.3, 0.4) is 0 Å². The van der Waals surface area contributed by atoms with Crippen molar-refractivity contribution in [3.05, 3.63) is 12.5 Å². The predicted octanol–water partition coefficient (Wildman–Crippen LogP) is 2.06. The number of hydrogen-bond donors (Lipinski definition) is 1. The van der Waals surface area contributed by atoms with Crippen molar-refractivity contribution < 1.29 is 4.79 Å². The average Bonchev–Trinajstić information content (AvgIpc) is 2.29. The Morgan fingerprint density at radius 1 is 1.44 bits per heavy atom. The van der Waals surface area contributed by atoms with Crippen molar-refractivity contribution >= 4 is 17.4 Å². The molecule has 1 amide bonds. The largest absolute Gasteiger partial charge is 0.341 e. The first-order valence-electron chi connectivity index (χ1n) is 6.32. The molecule has 18 heavy (non-hydrogen) atoms. The fraction of sp³-hybridized carbons (Fsp3) is 0.615. The van der Waals surface area contributed by atoms with E-state index in [9.17, 15) is 4.79 Å². The molecule has 98 valence electrons. The molecule has 1 aromatic heterocycles. The minimum Gasteiger partial charge on any atom is -0.341 e. The lowest BCUT2D eigenvalue weighted by Crippen LogP contribution is -2.56. The maximum absolute atomic E-state index is 12.1. The first-order chi connectivity index (χ1) is 8.43. The molecular weight excluding hydrogens is 228 g/mol. The third-order valence-corrected chi connectivity index (χ3v) is 3.36. The molecule has 1 aliphatic heterocycles. The molecule has 1 N–H and O–H groups in total. The maximum Gasteiger partial charge on any atom is 0.249 e. The van der Waals surface area contributed by atoms with Crippen LogP contribution in [0.2, 0.25) is 0 Å². The Morgan fingerprint density at radius 3 is 2.83 bits per heavy atom. The van der Waals surface area contributed by atoms with Crippen molar-refractivity contribution in [2.75, 3.05) is 16.8 Å². The molecule has 1 aliphatic rings. The molecule has 2 rings (SSSR count). The van der Waals surface area contributed by atoms with Crippen LogP contribution >= 0.6 is 0 Å². The normalized spacial score (nSPS) is 17.6. The van der Waals surface area contributed by atoms with Crippen molar-refractivity contribution in [2.24, 2.45) is 5.92 Å². The van der Waals surface area contributed by atoms with E-state index in [1.165, 1.54) is 6.33 Å². The second kappa shape index (κ2) is 4.55. The number of rotatable bonds is 3. The summed E-state index contributed by atoms with van der Waals surface area (Å²) in [6.07, 6.45) is 4.20. The monoisotopic (exact) mass is 248 g/mol. The highest BCUT2D eigenvalue weighted by atomic mass is 16.2. The van der Waals surface area contributed by atoms with Gasteiger partial charge in [0.2, 0.25) is 5.91 Å². The standard InChI is InChI=1S/C13H20N4O/c1-9(2)5-6-17-11-10(7-14-8-15-11)16-12(18)13(17,3)4/h7-9H,5-6H2,1-4H3,(H,16,18). The third kappa shape index (κ3) is 2.17. The Kier molecular flexibility index (Phi) is 3.24. The summed E-state index contributed by atoms with van der Waals surface area (Å²) in [5, 5.41) is 2.86. The summed E-state index contributed by atoms with van der Waals surface area (Å²) < 4.78 is 0. The van der Waals surface area contributed by atoms with Gasteiger partial charge in [0.15, 0.2) is 5.82 Å². The summed E-state index contributed by atoms with van der Waals surface area (Å²) >= 11 is 0. The second-order valence-electron chi connectivity index (χ2n) is 5.61. The lowest BCUT2D eigenvalue weighted by molar-refractivity contribution is -0.120. The summed E-state index contributed by atoms with van der Waals surface area (Å²) in [5.74, 6) is 1.40. The van der Waals surface area contributed by atoms with Crippen molar-refractivity contribution in [2.45, 2.75) is 39.7 Å². The Morgan fingerprint density at radius 2 is 2.17 bits per heavy atom. The van der Waals surface area contributed by atoms with E-state index in [-0.39, 0.29) is 5.91 Å². The number of amides is 1. The molecule has 0 fully saturated rings. The van der Waals surface area contributed by atoms with Crippen LogP contribution in [0.15, 0.2) is 12.5 Å². The smallest absolute Gasteiger partial charge is 0.249 e. The fourth-order valence-corrected chi connectivity index (χ4v) is 2.06. The van der Waals surface area contributed by atoms with Gasteiger partial charge in [-0.2, -0.15) is 0 Å². The lowest BCUT2D eigenvalue weighted by atomic mass is 9.97. The zero-order valence-electron chi connectivity index (χ0n) is 11.4. The summed E-state index contributed by atoms with van der Waals surface area (Å²) in [7, 11) is 0. The Labute approximate surface area is 108 Å². The van der Waals surface area contributed by atoms with Crippen LogP contribution in [0.5, 0.6) is 0 Å². The van der Waals surface area contributed by atoms with E-state index >= 15 is 0 Å². The van der Waals surface area contributed by atoms with E-state index in [4.69, 9.17) is 0 Å². The van der Waals surface area contributed by atoms with Crippen molar-refractivity contribution in [1.29, 1.82) is 0 Å². The highest BCUT2D eigenvalue weighted by Gasteiger charge is 2.40. The second-order valence-corrected chi connectivity index (χ2v) is 5.61. The van der Waals surface area contributed by atoms with E-state index in [0.29, 0.717) is 11.6 Å². The molecule has 0 bridgehead atoms. The van der Waals surface area contributed by atoms with Gasteiger partial charge in [-0.1, -0.05) is 13.8 Å². The van der Waals surface area contributed by atoms with E-state index in [1.807, 2.05) is 13.8 Å². The van der Waals surface area contributed by atoms with Crippen molar-refractivity contribution in [1.82, 2.24) is 9.97 Å². The van der Waals surface area contributed by atoms with E-state index in [2.05, 4.69) is 34.0 Å². The molecule has 0 aliphatic carbocycles. The summed E-state index contributed by atoms with van der Waals surface area (Å²) in [6, 6.07) is 0. The van der Waals surface area contributed by atoms with E-state index in [1.54, 1.807) is 6.20 Å². The van der Waals surface area contributed by atoms with Gasteiger partial charge in [-0.05, 0) is 26.2 Å². The minimum absolute atomic E-state index is 0.00597. The predicted molar refractivity (Wildman–Crippen MR) is 71.5 cm³/mol. The number of nitrogens with one attached hydrogen (secondary N) is 1. The molecule has 5 nitrogen and oxygen atoms in total. The first-order valence-corrected chi connectivity index (χ1v) is 6.32. The topological polar surface area (TPSA) is 58.1 Å². The molecule has 0 atom stereocenters. The van der Waals surface area contributed by atoms with Crippen LogP contribution in [0.25, 0.3) is 0 Å². The molecule has 0 unspecified atom stereocenters. The zero-order valence-corrected chi connectivity index (χ0v) is 11.4. The Hall–Kier alpha value is -1.65. The quantitative estimate of drug-likeness (QED) is 0.889.